The van der Waals surface area contributed by atoms with Gasteiger partial charge in [0.15, 0.2) is 0 Å². The summed E-state index contributed by atoms with van der Waals surface area (Å²) in [5.41, 5.74) is 1.52. The molecule has 1 nitrogen and oxygen atoms in total. The summed E-state index contributed by atoms with van der Waals surface area (Å²) >= 11 is 1.22. The van der Waals surface area contributed by atoms with Gasteiger partial charge in [0.1, 0.15) is 0 Å². The van der Waals surface area contributed by atoms with Crippen LogP contribution in [0.1, 0.15) is 83.6 Å². The standard InChI is InChI=1S/C19H31O.Sn/c1-4-7-15-19(20,16-8-5-2)18(12-6-3)17-13-10-9-11-14-17;/h9-11,13-14,18H,4-8,12,15-16H2,1-3H3;/q-1;+1. The molecule has 2 heteroatoms. The molecular formula is C19H31OSn. The summed E-state index contributed by atoms with van der Waals surface area (Å²) in [5, 5.41) is 0. The molecule has 1 aromatic rings. The van der Waals surface area contributed by atoms with E-state index in [1.165, 1.54) is 79.9 Å². The van der Waals surface area contributed by atoms with E-state index in [1.807, 2.05) is 0 Å². The van der Waals surface area contributed by atoms with E-state index in [1.54, 1.807) is 0 Å². The van der Waals surface area contributed by atoms with Gasteiger partial charge in [-0.2, -0.15) is 0 Å². The van der Waals surface area contributed by atoms with Crippen molar-refractivity contribution in [2.45, 2.75) is 83.7 Å². The van der Waals surface area contributed by atoms with Gasteiger partial charge in [-0.25, -0.2) is 0 Å². The van der Waals surface area contributed by atoms with Gasteiger partial charge in [0.25, 0.3) is 0 Å². The van der Waals surface area contributed by atoms with Crippen LogP contribution >= 0.6 is 0 Å². The first-order valence-electron chi connectivity index (χ1n) is 8.63. The summed E-state index contributed by atoms with van der Waals surface area (Å²) in [6, 6.07) is 11.0. The van der Waals surface area contributed by atoms with Gasteiger partial charge in [0, 0.05) is 0 Å². The van der Waals surface area contributed by atoms with Crippen molar-refractivity contribution in [3.63, 3.8) is 0 Å². The molecule has 1 unspecified atom stereocenters. The Labute approximate surface area is 145 Å². The third-order valence-corrected chi connectivity index (χ3v) is 5.68. The maximum atomic E-state index is 6.30. The zero-order chi connectivity index (χ0) is 15.6. The van der Waals surface area contributed by atoms with Gasteiger partial charge in [-0.15, -0.1) is 0 Å². The molecule has 0 aromatic heterocycles. The molecule has 0 aliphatic heterocycles. The third-order valence-electron chi connectivity index (χ3n) is 4.52. The predicted octanol–water partition coefficient (Wildman–Crippen LogP) is 5.79. The molecule has 0 amide bonds. The maximum absolute atomic E-state index is 6.30. The van der Waals surface area contributed by atoms with Crippen molar-refractivity contribution < 1.29 is 3.07 Å². The number of hydrogen-bond donors (Lipinski definition) is 0. The van der Waals surface area contributed by atoms with Crippen LogP contribution in [0, 0.1) is 0 Å². The van der Waals surface area contributed by atoms with Crippen LogP contribution in [0.4, 0.5) is 0 Å². The molecule has 0 aliphatic carbocycles. The van der Waals surface area contributed by atoms with Crippen LogP contribution in [0.2, 0.25) is 0 Å². The van der Waals surface area contributed by atoms with E-state index in [0.29, 0.717) is 5.92 Å². The minimum atomic E-state index is 0.0572. The molecule has 1 aromatic carbocycles. The summed E-state index contributed by atoms with van der Waals surface area (Å²) < 4.78 is 6.30. The predicted molar refractivity (Wildman–Crippen MR) is 92.7 cm³/mol. The van der Waals surface area contributed by atoms with E-state index in [9.17, 15) is 0 Å². The van der Waals surface area contributed by atoms with Crippen LogP contribution in [0.15, 0.2) is 30.3 Å². The molecule has 1 atom stereocenters. The Morgan fingerprint density at radius 1 is 0.952 bits per heavy atom. The van der Waals surface area contributed by atoms with Crippen LogP contribution in [0.3, 0.4) is 0 Å². The van der Waals surface area contributed by atoms with Gasteiger partial charge in [0.05, 0.1) is 0 Å². The fraction of sp³-hybridized carbons (Fsp3) is 0.684. The average molecular weight is 394 g/mol. The normalized spacial score (nSPS) is 13.3. The first-order chi connectivity index (χ1) is 10.2. The second-order valence-corrected chi connectivity index (χ2v) is 6.71. The summed E-state index contributed by atoms with van der Waals surface area (Å²) in [6.07, 6.45) is 9.89. The molecule has 117 valence electrons. The van der Waals surface area contributed by atoms with E-state index in [0.717, 1.165) is 0 Å². The Balaban J connectivity index is 3.08. The van der Waals surface area contributed by atoms with Gasteiger partial charge >= 0.3 is 146 Å². The molecule has 0 spiro atoms. The molecule has 0 heterocycles. The van der Waals surface area contributed by atoms with E-state index in [-0.39, 0.29) is 5.60 Å². The second kappa shape index (κ2) is 10.7. The Hall–Kier alpha value is -0.0213. The minimum absolute atomic E-state index is 0.0572. The second-order valence-electron chi connectivity index (χ2n) is 6.13. The van der Waals surface area contributed by atoms with E-state index < -0.39 is 0 Å². The molecule has 0 N–H and O–H groups in total. The molecule has 0 saturated heterocycles. The van der Waals surface area contributed by atoms with Gasteiger partial charge in [-0.05, 0) is 0 Å². The zero-order valence-electron chi connectivity index (χ0n) is 14.0. The summed E-state index contributed by atoms with van der Waals surface area (Å²) in [7, 11) is 0. The fourth-order valence-electron chi connectivity index (χ4n) is 3.31. The monoisotopic (exact) mass is 395 g/mol. The average Bonchev–Trinajstić information content (AvgIpc) is 2.55. The van der Waals surface area contributed by atoms with Crippen molar-refractivity contribution in [1.29, 1.82) is 0 Å². The number of benzene rings is 1. The van der Waals surface area contributed by atoms with E-state index >= 15 is 0 Å². The van der Waals surface area contributed by atoms with Gasteiger partial charge in [-0.1, -0.05) is 0 Å². The molecule has 0 aliphatic rings. The van der Waals surface area contributed by atoms with Gasteiger partial charge in [0.2, 0.25) is 0 Å². The first-order valence-corrected chi connectivity index (χ1v) is 9.80. The van der Waals surface area contributed by atoms with Crippen molar-refractivity contribution in [3.05, 3.63) is 35.9 Å². The molecule has 3 radical (unpaired) electrons. The van der Waals surface area contributed by atoms with Crippen molar-refractivity contribution in [2.75, 3.05) is 0 Å². The van der Waals surface area contributed by atoms with E-state index in [4.69, 9.17) is 3.07 Å². The van der Waals surface area contributed by atoms with Crippen LogP contribution in [-0.4, -0.2) is 28.5 Å². The van der Waals surface area contributed by atoms with Crippen molar-refractivity contribution in [2.24, 2.45) is 0 Å². The Morgan fingerprint density at radius 2 is 1.52 bits per heavy atom. The van der Waals surface area contributed by atoms with Gasteiger partial charge in [-0.3, -0.25) is 0 Å². The Morgan fingerprint density at radius 3 is 1.95 bits per heavy atom. The van der Waals surface area contributed by atoms with Gasteiger partial charge < -0.3 is 0 Å². The van der Waals surface area contributed by atoms with Crippen LogP contribution in [0.5, 0.6) is 0 Å². The molecule has 0 fully saturated rings. The molecule has 0 saturated carbocycles. The Bertz CT molecular complexity index is 355. The van der Waals surface area contributed by atoms with Crippen molar-refractivity contribution >= 4 is 22.9 Å². The van der Waals surface area contributed by atoms with Crippen molar-refractivity contribution in [1.82, 2.24) is 0 Å². The number of rotatable bonds is 11. The van der Waals surface area contributed by atoms with E-state index in [2.05, 4.69) is 51.1 Å². The summed E-state index contributed by atoms with van der Waals surface area (Å²) in [4.78, 5) is 0. The van der Waals surface area contributed by atoms with Crippen LogP contribution in [-0.2, 0) is 3.07 Å². The first kappa shape index (κ1) is 19.0. The summed E-state index contributed by atoms with van der Waals surface area (Å²) in [6.45, 7) is 6.86. The van der Waals surface area contributed by atoms with Crippen molar-refractivity contribution in [3.8, 4) is 0 Å². The SMILES string of the molecule is CCCCC(CCCC)([O][Sn])C(CCC)c1ccccc1. The fourth-order valence-corrected chi connectivity index (χ4v) is 4.29. The molecule has 0 bridgehead atoms. The quantitative estimate of drug-likeness (QED) is 0.432. The zero-order valence-corrected chi connectivity index (χ0v) is 16.9. The third kappa shape index (κ3) is 5.59. The number of unbranched alkanes of at least 4 members (excludes halogenated alkanes) is 2. The Kier molecular flexibility index (Phi) is 9.66. The van der Waals surface area contributed by atoms with Crippen LogP contribution in [0.25, 0.3) is 0 Å². The topological polar surface area (TPSA) is 9.23 Å². The van der Waals surface area contributed by atoms with Crippen LogP contribution < -0.4 is 0 Å². The summed E-state index contributed by atoms with van der Waals surface area (Å²) in [5.74, 6) is 0.543. The number of hydrogen-bond acceptors (Lipinski definition) is 1. The molecular weight excluding hydrogens is 363 g/mol. The molecule has 21 heavy (non-hydrogen) atoms. The molecule has 1 rings (SSSR count).